The molecule has 1 aliphatic carbocycles. The minimum absolute atomic E-state index is 0.356. The molecule has 0 spiro atoms. The lowest BCUT2D eigenvalue weighted by Crippen LogP contribution is -2.46. The van der Waals surface area contributed by atoms with Gasteiger partial charge in [0, 0.05) is 30.6 Å². The molecule has 2 aliphatic rings. The lowest BCUT2D eigenvalue weighted by atomic mass is 9.90. The predicted octanol–water partition coefficient (Wildman–Crippen LogP) is 4.07. The van der Waals surface area contributed by atoms with Crippen LogP contribution in [0.4, 0.5) is 16.8 Å². The molecule has 0 radical (unpaired) electrons. The van der Waals surface area contributed by atoms with Crippen molar-refractivity contribution < 1.29 is 4.74 Å². The summed E-state index contributed by atoms with van der Waals surface area (Å²) in [5.41, 5.74) is 2.39. The molecule has 3 aromatic rings. The SMILES string of the molecule is Cc1cc(Nc2nc(N[C@H]3CC[C@H](N4CCOCC4)CC3)c3cc(C#N)ccc3n2)sn1. The number of aryl methyl sites for hydroxylation is 1. The van der Waals surface area contributed by atoms with E-state index in [-0.39, 0.29) is 0 Å². The normalized spacial score (nSPS) is 21.9. The van der Waals surface area contributed by atoms with E-state index >= 15 is 0 Å². The summed E-state index contributed by atoms with van der Waals surface area (Å²) in [6.07, 6.45) is 4.55. The van der Waals surface area contributed by atoms with Crippen LogP contribution in [0.15, 0.2) is 24.3 Å². The summed E-state index contributed by atoms with van der Waals surface area (Å²) >= 11 is 1.39. The summed E-state index contributed by atoms with van der Waals surface area (Å²) in [5.74, 6) is 1.32. The maximum absolute atomic E-state index is 9.37. The summed E-state index contributed by atoms with van der Waals surface area (Å²) in [6, 6.07) is 10.8. The van der Waals surface area contributed by atoms with Gasteiger partial charge in [-0.2, -0.15) is 14.6 Å². The Bertz CT molecular complexity index is 1130. The standard InChI is InChI=1S/C23H27N7OS/c1-15-12-21(32-29-15)27-23-26-20-7-2-16(14-24)13-19(20)22(28-23)25-17-3-5-18(6-4-17)30-8-10-31-11-9-30/h2,7,12-13,17-18H,3-6,8-11H2,1H3,(H2,25,26,27,28)/t17-,18-. The van der Waals surface area contributed by atoms with Crippen molar-refractivity contribution in [2.24, 2.45) is 0 Å². The second-order valence-corrected chi connectivity index (χ2v) is 9.30. The first-order chi connectivity index (χ1) is 15.7. The van der Waals surface area contributed by atoms with Crippen molar-refractivity contribution in [1.29, 1.82) is 5.26 Å². The third kappa shape index (κ3) is 4.67. The van der Waals surface area contributed by atoms with Gasteiger partial charge >= 0.3 is 0 Å². The predicted molar refractivity (Wildman–Crippen MR) is 126 cm³/mol. The Labute approximate surface area is 191 Å². The second-order valence-electron chi connectivity index (χ2n) is 8.50. The molecule has 5 rings (SSSR count). The van der Waals surface area contributed by atoms with Crippen molar-refractivity contribution in [3.63, 3.8) is 0 Å². The Hall–Kier alpha value is -2.80. The van der Waals surface area contributed by atoms with Crippen LogP contribution in [-0.2, 0) is 4.74 Å². The van der Waals surface area contributed by atoms with Crippen LogP contribution in [0.1, 0.15) is 36.9 Å². The molecule has 32 heavy (non-hydrogen) atoms. The molecule has 1 aliphatic heterocycles. The number of anilines is 3. The molecule has 3 heterocycles. The third-order valence-corrected chi connectivity index (χ3v) is 7.08. The highest BCUT2D eigenvalue weighted by atomic mass is 32.1. The second kappa shape index (κ2) is 9.36. The summed E-state index contributed by atoms with van der Waals surface area (Å²) in [6.45, 7) is 5.75. The van der Waals surface area contributed by atoms with Crippen molar-refractivity contribution in [2.75, 3.05) is 36.9 Å². The first kappa shape index (κ1) is 21.1. The number of morpholine rings is 1. The number of aromatic nitrogens is 3. The van der Waals surface area contributed by atoms with Gasteiger partial charge in [0.15, 0.2) is 0 Å². The molecule has 8 nitrogen and oxygen atoms in total. The van der Waals surface area contributed by atoms with E-state index < -0.39 is 0 Å². The van der Waals surface area contributed by atoms with Crippen LogP contribution in [0.2, 0.25) is 0 Å². The van der Waals surface area contributed by atoms with Crippen molar-refractivity contribution in [3.8, 4) is 6.07 Å². The van der Waals surface area contributed by atoms with Crippen LogP contribution in [0.25, 0.3) is 10.9 Å². The zero-order valence-electron chi connectivity index (χ0n) is 18.2. The maximum Gasteiger partial charge on any atom is 0.230 e. The molecule has 0 bridgehead atoms. The lowest BCUT2D eigenvalue weighted by molar-refractivity contribution is 0.00791. The Morgan fingerprint density at radius 2 is 1.94 bits per heavy atom. The monoisotopic (exact) mass is 449 g/mol. The molecule has 2 N–H and O–H groups in total. The Balaban J connectivity index is 1.36. The quantitative estimate of drug-likeness (QED) is 0.602. The number of nitrogens with one attached hydrogen (secondary N) is 2. The van der Waals surface area contributed by atoms with E-state index in [1.807, 2.05) is 25.1 Å². The maximum atomic E-state index is 9.37. The summed E-state index contributed by atoms with van der Waals surface area (Å²) in [7, 11) is 0. The van der Waals surface area contributed by atoms with E-state index in [2.05, 4.69) is 31.0 Å². The molecule has 1 aromatic carbocycles. The summed E-state index contributed by atoms with van der Waals surface area (Å²) in [4.78, 5) is 12.0. The van der Waals surface area contributed by atoms with Gasteiger partial charge in [-0.25, -0.2) is 4.98 Å². The molecule has 1 saturated carbocycles. The molecular formula is C23H27N7OS. The van der Waals surface area contributed by atoms with Crippen LogP contribution >= 0.6 is 11.5 Å². The number of hydrogen-bond acceptors (Lipinski definition) is 9. The number of fused-ring (bicyclic) bond motifs is 1. The van der Waals surface area contributed by atoms with Gasteiger partial charge in [0.25, 0.3) is 0 Å². The van der Waals surface area contributed by atoms with E-state index in [9.17, 15) is 5.26 Å². The van der Waals surface area contributed by atoms with Crippen molar-refractivity contribution >= 4 is 39.2 Å². The Morgan fingerprint density at radius 3 is 2.66 bits per heavy atom. The molecule has 0 amide bonds. The minimum Gasteiger partial charge on any atom is -0.379 e. The van der Waals surface area contributed by atoms with Gasteiger partial charge in [0.2, 0.25) is 5.95 Å². The zero-order valence-corrected chi connectivity index (χ0v) is 19.0. The lowest BCUT2D eigenvalue weighted by Gasteiger charge is -2.39. The number of ether oxygens (including phenoxy) is 1. The Morgan fingerprint density at radius 1 is 1.12 bits per heavy atom. The van der Waals surface area contributed by atoms with E-state index in [4.69, 9.17) is 9.72 Å². The average Bonchev–Trinajstić information content (AvgIpc) is 3.24. The topological polar surface area (TPSA) is 99.0 Å². The van der Waals surface area contributed by atoms with Gasteiger partial charge in [0.1, 0.15) is 10.8 Å². The smallest absolute Gasteiger partial charge is 0.230 e. The number of rotatable bonds is 5. The molecule has 166 valence electrons. The van der Waals surface area contributed by atoms with Crippen molar-refractivity contribution in [1.82, 2.24) is 19.2 Å². The largest absolute Gasteiger partial charge is 0.379 e. The molecule has 2 fully saturated rings. The highest BCUT2D eigenvalue weighted by Gasteiger charge is 2.27. The van der Waals surface area contributed by atoms with Gasteiger partial charge in [-0.05, 0) is 68.4 Å². The van der Waals surface area contributed by atoms with Crippen LogP contribution in [0.5, 0.6) is 0 Å². The van der Waals surface area contributed by atoms with E-state index in [0.29, 0.717) is 23.6 Å². The fraction of sp³-hybridized carbons (Fsp3) is 0.478. The number of nitrogens with zero attached hydrogens (tertiary/aromatic N) is 5. The zero-order chi connectivity index (χ0) is 21.9. The fourth-order valence-corrected chi connectivity index (χ4v) is 5.27. The van der Waals surface area contributed by atoms with Gasteiger partial charge < -0.3 is 15.4 Å². The molecule has 0 atom stereocenters. The van der Waals surface area contributed by atoms with E-state index in [0.717, 1.165) is 66.6 Å². The van der Waals surface area contributed by atoms with E-state index in [1.54, 1.807) is 6.07 Å². The number of benzene rings is 1. The fourth-order valence-electron chi connectivity index (χ4n) is 4.62. The van der Waals surface area contributed by atoms with Gasteiger partial charge in [-0.15, -0.1) is 0 Å². The third-order valence-electron chi connectivity index (χ3n) is 6.29. The van der Waals surface area contributed by atoms with Crippen LogP contribution < -0.4 is 10.6 Å². The van der Waals surface area contributed by atoms with Crippen LogP contribution in [0, 0.1) is 18.3 Å². The first-order valence-corrected chi connectivity index (χ1v) is 12.0. The summed E-state index contributed by atoms with van der Waals surface area (Å²) < 4.78 is 9.82. The molecular weight excluding hydrogens is 422 g/mol. The van der Waals surface area contributed by atoms with Crippen LogP contribution in [0.3, 0.4) is 0 Å². The van der Waals surface area contributed by atoms with Crippen molar-refractivity contribution in [2.45, 2.75) is 44.7 Å². The van der Waals surface area contributed by atoms with E-state index in [1.165, 1.54) is 24.4 Å². The average molecular weight is 450 g/mol. The minimum atomic E-state index is 0.356. The van der Waals surface area contributed by atoms with Gasteiger partial charge in [-0.1, -0.05) is 0 Å². The highest BCUT2D eigenvalue weighted by molar-refractivity contribution is 7.10. The Kier molecular flexibility index (Phi) is 6.17. The molecule has 1 saturated heterocycles. The number of nitriles is 1. The van der Waals surface area contributed by atoms with Crippen molar-refractivity contribution in [3.05, 3.63) is 35.5 Å². The molecule has 2 aromatic heterocycles. The highest BCUT2D eigenvalue weighted by Crippen LogP contribution is 2.30. The molecule has 0 unspecified atom stereocenters. The molecule has 9 heteroatoms. The van der Waals surface area contributed by atoms with Gasteiger partial charge in [-0.3, -0.25) is 4.90 Å². The summed E-state index contributed by atoms with van der Waals surface area (Å²) in [5, 5.41) is 18.1. The first-order valence-electron chi connectivity index (χ1n) is 11.2. The number of hydrogen-bond donors (Lipinski definition) is 2. The van der Waals surface area contributed by atoms with Gasteiger partial charge in [0.05, 0.1) is 36.1 Å². The van der Waals surface area contributed by atoms with Crippen LogP contribution in [-0.4, -0.2) is 57.6 Å².